The van der Waals surface area contributed by atoms with Gasteiger partial charge in [-0.3, -0.25) is 0 Å². The number of hydrogen-bond donors (Lipinski definition) is 1. The molecule has 0 aliphatic heterocycles. The molecule has 0 aromatic rings. The van der Waals surface area contributed by atoms with Crippen LogP contribution < -0.4 is 5.32 Å². The minimum Gasteiger partial charge on any atom is -0.309 e. The van der Waals surface area contributed by atoms with Gasteiger partial charge in [-0.25, -0.2) is 0 Å². The second-order valence-electron chi connectivity index (χ2n) is 5.76. The van der Waals surface area contributed by atoms with Crippen molar-refractivity contribution in [3.05, 3.63) is 11.1 Å². The zero-order valence-corrected chi connectivity index (χ0v) is 11.9. The van der Waals surface area contributed by atoms with Crippen LogP contribution in [-0.2, 0) is 0 Å². The normalized spacial score (nSPS) is 27.7. The van der Waals surface area contributed by atoms with Gasteiger partial charge in [0, 0.05) is 17.1 Å². The molecule has 2 unspecified atom stereocenters. The van der Waals surface area contributed by atoms with Gasteiger partial charge < -0.3 is 5.32 Å². The van der Waals surface area contributed by atoms with Gasteiger partial charge in [0.05, 0.1) is 0 Å². The topological polar surface area (TPSA) is 12.0 Å². The largest absolute Gasteiger partial charge is 0.309 e. The Morgan fingerprint density at radius 2 is 1.93 bits per heavy atom. The molecule has 1 rings (SSSR count). The SMILES string of the molecule is C=C(Br)CNC1CCCCC1C(C)(C)C. The fraction of sp³-hybridized carbons (Fsp3) is 0.846. The lowest BCUT2D eigenvalue weighted by Crippen LogP contribution is -2.44. The lowest BCUT2D eigenvalue weighted by molar-refractivity contribution is 0.133. The van der Waals surface area contributed by atoms with Crippen molar-refractivity contribution >= 4 is 15.9 Å². The van der Waals surface area contributed by atoms with Crippen molar-refractivity contribution in [2.24, 2.45) is 11.3 Å². The van der Waals surface area contributed by atoms with Crippen LogP contribution in [0.4, 0.5) is 0 Å². The summed E-state index contributed by atoms with van der Waals surface area (Å²) in [5.41, 5.74) is 0.422. The van der Waals surface area contributed by atoms with E-state index < -0.39 is 0 Å². The number of nitrogens with one attached hydrogen (secondary N) is 1. The molecule has 1 aliphatic carbocycles. The molecule has 0 saturated heterocycles. The Labute approximate surface area is 103 Å². The van der Waals surface area contributed by atoms with E-state index in [4.69, 9.17) is 0 Å². The molecule has 2 atom stereocenters. The Hall–Kier alpha value is 0.180. The van der Waals surface area contributed by atoms with Gasteiger partial charge in [-0.2, -0.15) is 0 Å². The van der Waals surface area contributed by atoms with Crippen LogP contribution in [0.3, 0.4) is 0 Å². The predicted molar refractivity (Wildman–Crippen MR) is 71.3 cm³/mol. The van der Waals surface area contributed by atoms with E-state index in [0.29, 0.717) is 11.5 Å². The summed E-state index contributed by atoms with van der Waals surface area (Å²) >= 11 is 3.41. The van der Waals surface area contributed by atoms with Crippen LogP contribution in [0.1, 0.15) is 46.5 Å². The smallest absolute Gasteiger partial charge is 0.0268 e. The highest BCUT2D eigenvalue weighted by Gasteiger charge is 2.33. The molecule has 0 aromatic heterocycles. The molecule has 0 heterocycles. The molecule has 0 amide bonds. The fourth-order valence-electron chi connectivity index (χ4n) is 2.65. The molecule has 88 valence electrons. The quantitative estimate of drug-likeness (QED) is 0.817. The number of rotatable bonds is 3. The van der Waals surface area contributed by atoms with Gasteiger partial charge >= 0.3 is 0 Å². The van der Waals surface area contributed by atoms with Gasteiger partial charge in [-0.1, -0.05) is 56.1 Å². The van der Waals surface area contributed by atoms with Crippen LogP contribution in [-0.4, -0.2) is 12.6 Å². The maximum absolute atomic E-state index is 3.88. The summed E-state index contributed by atoms with van der Waals surface area (Å²) in [7, 11) is 0. The summed E-state index contributed by atoms with van der Waals surface area (Å²) in [4.78, 5) is 0. The van der Waals surface area contributed by atoms with Crippen LogP contribution in [0.2, 0.25) is 0 Å². The van der Waals surface area contributed by atoms with Crippen molar-refractivity contribution in [1.82, 2.24) is 5.32 Å². The van der Waals surface area contributed by atoms with Crippen molar-refractivity contribution in [3.63, 3.8) is 0 Å². The fourth-order valence-corrected chi connectivity index (χ4v) is 2.82. The Kier molecular flexibility index (Phi) is 4.85. The minimum atomic E-state index is 0.422. The molecule has 2 heteroatoms. The van der Waals surface area contributed by atoms with Crippen LogP contribution in [0.25, 0.3) is 0 Å². The average molecular weight is 274 g/mol. The van der Waals surface area contributed by atoms with Gasteiger partial charge in [0.1, 0.15) is 0 Å². The van der Waals surface area contributed by atoms with E-state index in [1.54, 1.807) is 0 Å². The van der Waals surface area contributed by atoms with Crippen LogP contribution >= 0.6 is 15.9 Å². The molecule has 1 nitrogen and oxygen atoms in total. The van der Waals surface area contributed by atoms with Crippen LogP contribution in [0.5, 0.6) is 0 Å². The molecule has 0 bridgehead atoms. The zero-order chi connectivity index (χ0) is 11.5. The first-order valence-electron chi connectivity index (χ1n) is 5.98. The Balaban J connectivity index is 2.54. The molecule has 1 N–H and O–H groups in total. The molecule has 0 radical (unpaired) electrons. The van der Waals surface area contributed by atoms with Gasteiger partial charge in [0.2, 0.25) is 0 Å². The molecule has 15 heavy (non-hydrogen) atoms. The molecule has 1 aliphatic rings. The molecule has 0 spiro atoms. The predicted octanol–water partition coefficient (Wildman–Crippen LogP) is 4.09. The van der Waals surface area contributed by atoms with Gasteiger partial charge in [0.25, 0.3) is 0 Å². The summed E-state index contributed by atoms with van der Waals surface area (Å²) < 4.78 is 1.06. The first-order valence-corrected chi connectivity index (χ1v) is 6.77. The summed E-state index contributed by atoms with van der Waals surface area (Å²) in [6.45, 7) is 11.9. The third kappa shape index (κ3) is 4.28. The average Bonchev–Trinajstić information content (AvgIpc) is 2.13. The minimum absolute atomic E-state index is 0.422. The van der Waals surface area contributed by atoms with Crippen LogP contribution in [0.15, 0.2) is 11.1 Å². The summed E-state index contributed by atoms with van der Waals surface area (Å²) in [5.74, 6) is 0.804. The third-order valence-electron chi connectivity index (χ3n) is 3.43. The summed E-state index contributed by atoms with van der Waals surface area (Å²) in [6, 6.07) is 0.674. The Morgan fingerprint density at radius 1 is 1.33 bits per heavy atom. The number of halogens is 1. The highest BCUT2D eigenvalue weighted by atomic mass is 79.9. The second kappa shape index (κ2) is 5.49. The van der Waals surface area contributed by atoms with E-state index in [0.717, 1.165) is 16.9 Å². The Bertz CT molecular complexity index is 217. The van der Waals surface area contributed by atoms with E-state index in [1.807, 2.05) is 0 Å². The summed E-state index contributed by atoms with van der Waals surface area (Å²) in [5, 5.41) is 3.63. The van der Waals surface area contributed by atoms with E-state index in [2.05, 4.69) is 48.6 Å². The maximum Gasteiger partial charge on any atom is 0.0268 e. The summed E-state index contributed by atoms with van der Waals surface area (Å²) in [6.07, 6.45) is 5.46. The first kappa shape index (κ1) is 13.2. The van der Waals surface area contributed by atoms with E-state index >= 15 is 0 Å². The van der Waals surface area contributed by atoms with Crippen molar-refractivity contribution in [2.75, 3.05) is 6.54 Å². The third-order valence-corrected chi connectivity index (χ3v) is 3.71. The maximum atomic E-state index is 3.88. The molecule has 0 aromatic carbocycles. The second-order valence-corrected chi connectivity index (χ2v) is 6.88. The van der Waals surface area contributed by atoms with E-state index in [1.165, 1.54) is 25.7 Å². The van der Waals surface area contributed by atoms with Crippen molar-refractivity contribution in [2.45, 2.75) is 52.5 Å². The van der Waals surface area contributed by atoms with Gasteiger partial charge in [-0.15, -0.1) is 0 Å². The van der Waals surface area contributed by atoms with Crippen LogP contribution in [0, 0.1) is 11.3 Å². The molecule has 1 saturated carbocycles. The van der Waals surface area contributed by atoms with Crippen molar-refractivity contribution in [3.8, 4) is 0 Å². The molecular weight excluding hydrogens is 250 g/mol. The van der Waals surface area contributed by atoms with Gasteiger partial charge in [-0.05, 0) is 24.2 Å². The van der Waals surface area contributed by atoms with Crippen molar-refractivity contribution < 1.29 is 0 Å². The molecule has 1 fully saturated rings. The zero-order valence-electron chi connectivity index (χ0n) is 10.3. The van der Waals surface area contributed by atoms with Gasteiger partial charge in [0.15, 0.2) is 0 Å². The monoisotopic (exact) mass is 273 g/mol. The highest BCUT2D eigenvalue weighted by molar-refractivity contribution is 9.11. The first-order chi connectivity index (χ1) is 6.91. The highest BCUT2D eigenvalue weighted by Crippen LogP contribution is 2.37. The van der Waals surface area contributed by atoms with E-state index in [-0.39, 0.29) is 0 Å². The number of hydrogen-bond acceptors (Lipinski definition) is 1. The van der Waals surface area contributed by atoms with E-state index in [9.17, 15) is 0 Å². The standard InChI is InChI=1S/C13H24BrN/c1-10(14)9-15-12-8-6-5-7-11(12)13(2,3)4/h11-12,15H,1,5-9H2,2-4H3. The lowest BCUT2D eigenvalue weighted by atomic mass is 9.69. The lowest BCUT2D eigenvalue weighted by Gasteiger charge is -2.41. The molecular formula is C13H24BrN. The van der Waals surface area contributed by atoms with Crippen molar-refractivity contribution in [1.29, 1.82) is 0 Å². The Morgan fingerprint density at radius 3 is 2.47 bits per heavy atom.